The predicted octanol–water partition coefficient (Wildman–Crippen LogP) is 15.3. The minimum atomic E-state index is 0.0962. The van der Waals surface area contributed by atoms with Gasteiger partial charge in [-0.3, -0.25) is 9.98 Å². The summed E-state index contributed by atoms with van der Waals surface area (Å²) >= 11 is 15.4. The molecule has 0 radical (unpaired) electrons. The van der Waals surface area contributed by atoms with Crippen molar-refractivity contribution in [1.82, 2.24) is 0 Å². The van der Waals surface area contributed by atoms with Crippen LogP contribution in [0, 0.1) is 0 Å². The normalized spacial score (nSPS) is 11.8. The van der Waals surface area contributed by atoms with E-state index in [1.807, 2.05) is 36.4 Å². The Bertz CT molecular complexity index is 2450. The van der Waals surface area contributed by atoms with Crippen LogP contribution >= 0.6 is 46.7 Å². The van der Waals surface area contributed by atoms with Gasteiger partial charge in [-0.1, -0.05) is 71.7 Å². The topological polar surface area (TPSA) is 115 Å². The number of nitrogens with zero attached hydrogens (tertiary/aromatic N) is 6. The van der Waals surface area contributed by atoms with Gasteiger partial charge in [0.05, 0.1) is 34.1 Å². The summed E-state index contributed by atoms with van der Waals surface area (Å²) in [5, 5.41) is 39.6. The Morgan fingerprint density at radius 1 is 0.431 bits per heavy atom. The quantitative estimate of drug-likeness (QED) is 0.0645. The van der Waals surface area contributed by atoms with Crippen molar-refractivity contribution in [3.05, 3.63) is 190 Å². The number of halogens is 2. The van der Waals surface area contributed by atoms with E-state index in [1.54, 1.807) is 121 Å². The van der Waals surface area contributed by atoms with Crippen LogP contribution in [0.5, 0.6) is 11.5 Å². The van der Waals surface area contributed by atoms with Crippen molar-refractivity contribution in [2.24, 2.45) is 30.4 Å². The lowest BCUT2D eigenvalue weighted by molar-refractivity contribution is 0.474. The molecule has 0 unspecified atom stereocenters. The van der Waals surface area contributed by atoms with Crippen LogP contribution in [0.4, 0.5) is 34.1 Å². The summed E-state index contributed by atoms with van der Waals surface area (Å²) in [6.45, 7) is 0. The number of para-hydroxylation sites is 2. The third kappa shape index (κ3) is 11.3. The molecule has 0 saturated carbocycles. The molecule has 0 bridgehead atoms. The Morgan fingerprint density at radius 2 is 0.793 bits per heavy atom. The first kappa shape index (κ1) is 40.2. The number of phenols is 2. The molecule has 7 aromatic carbocycles. The van der Waals surface area contributed by atoms with Gasteiger partial charge in [-0.15, -0.1) is 23.5 Å². The molecule has 0 fully saturated rings. The first-order valence-electron chi connectivity index (χ1n) is 18.0. The van der Waals surface area contributed by atoms with Crippen molar-refractivity contribution in [2.45, 2.75) is 21.3 Å². The first-order valence-corrected chi connectivity index (χ1v) is 20.7. The van der Waals surface area contributed by atoms with Gasteiger partial charge in [0.1, 0.15) is 11.5 Å². The molecule has 2 N–H and O–H groups in total. The molecular formula is C46H34Cl2N6O2S2. The van der Waals surface area contributed by atoms with E-state index < -0.39 is 0 Å². The zero-order valence-electron chi connectivity index (χ0n) is 30.7. The van der Waals surface area contributed by atoms with Crippen LogP contribution < -0.4 is 0 Å². The van der Waals surface area contributed by atoms with Crippen LogP contribution in [0.25, 0.3) is 0 Å². The number of benzene rings is 7. The number of thioether (sulfide) groups is 2. The van der Waals surface area contributed by atoms with Crippen LogP contribution in [-0.2, 0) is 11.5 Å². The molecule has 12 heteroatoms. The maximum atomic E-state index is 10.6. The largest absolute Gasteiger partial charge is 0.507 e. The summed E-state index contributed by atoms with van der Waals surface area (Å²) in [5.74, 6) is 1.66. The van der Waals surface area contributed by atoms with Gasteiger partial charge in [-0.05, 0) is 120 Å². The fourth-order valence-electron chi connectivity index (χ4n) is 5.46. The van der Waals surface area contributed by atoms with E-state index in [4.69, 9.17) is 33.2 Å². The number of phenolic OH excluding ortho intramolecular Hbond substituents is 2. The maximum Gasteiger partial charge on any atom is 0.124 e. The van der Waals surface area contributed by atoms with Crippen LogP contribution in [0.2, 0.25) is 10.0 Å². The molecule has 0 saturated heterocycles. The predicted molar refractivity (Wildman–Crippen MR) is 240 cm³/mol. The second-order valence-electron chi connectivity index (χ2n) is 12.6. The molecule has 0 amide bonds. The summed E-state index contributed by atoms with van der Waals surface area (Å²) in [4.78, 5) is 11.5. The molecule has 0 aliphatic carbocycles. The van der Waals surface area contributed by atoms with E-state index in [-0.39, 0.29) is 11.5 Å². The summed E-state index contributed by atoms with van der Waals surface area (Å²) in [5.41, 5.74) is 7.58. The van der Waals surface area contributed by atoms with Gasteiger partial charge in [0.2, 0.25) is 0 Å². The van der Waals surface area contributed by atoms with Gasteiger partial charge in [-0.2, -0.15) is 20.5 Å². The summed E-state index contributed by atoms with van der Waals surface area (Å²) in [6.07, 6.45) is 3.29. The second-order valence-corrected chi connectivity index (χ2v) is 15.5. The molecule has 0 atom stereocenters. The van der Waals surface area contributed by atoms with E-state index in [0.717, 1.165) is 32.7 Å². The molecule has 0 aromatic heterocycles. The molecule has 0 aliphatic heterocycles. The Morgan fingerprint density at radius 3 is 1.22 bits per heavy atom. The van der Waals surface area contributed by atoms with Crippen LogP contribution in [0.15, 0.2) is 198 Å². The monoisotopic (exact) mass is 836 g/mol. The number of hydrogen-bond acceptors (Lipinski definition) is 10. The Kier molecular flexibility index (Phi) is 13.8. The van der Waals surface area contributed by atoms with Gasteiger partial charge in [-0.25, -0.2) is 0 Å². The zero-order chi connectivity index (χ0) is 40.1. The lowest BCUT2D eigenvalue weighted by atomic mass is 10.1. The highest BCUT2D eigenvalue weighted by Gasteiger charge is 2.10. The fraction of sp³-hybridized carbons (Fsp3) is 0.0435. The second kappa shape index (κ2) is 19.9. The number of azo groups is 2. The molecule has 7 aromatic rings. The minimum Gasteiger partial charge on any atom is -0.507 e. The molecular weight excluding hydrogens is 804 g/mol. The van der Waals surface area contributed by atoms with Gasteiger partial charge < -0.3 is 10.2 Å². The summed E-state index contributed by atoms with van der Waals surface area (Å²) < 4.78 is 0. The van der Waals surface area contributed by atoms with Crippen molar-refractivity contribution in [3.8, 4) is 11.5 Å². The number of hydrogen-bond donors (Lipinski definition) is 2. The van der Waals surface area contributed by atoms with E-state index >= 15 is 0 Å². The third-order valence-corrected chi connectivity index (χ3v) is 11.3. The number of aromatic hydroxyl groups is 2. The molecule has 8 nitrogen and oxygen atoms in total. The fourth-order valence-corrected chi connectivity index (χ4v) is 7.79. The lowest BCUT2D eigenvalue weighted by Gasteiger charge is -2.11. The average molecular weight is 838 g/mol. The Labute approximate surface area is 354 Å². The Hall–Kier alpha value is -6.04. The van der Waals surface area contributed by atoms with Gasteiger partial charge in [0.25, 0.3) is 0 Å². The van der Waals surface area contributed by atoms with E-state index in [0.29, 0.717) is 43.9 Å². The zero-order valence-corrected chi connectivity index (χ0v) is 33.9. The minimum absolute atomic E-state index is 0.0962. The van der Waals surface area contributed by atoms with Crippen LogP contribution in [0.3, 0.4) is 0 Å². The van der Waals surface area contributed by atoms with Crippen molar-refractivity contribution < 1.29 is 10.2 Å². The van der Waals surface area contributed by atoms with Gasteiger partial charge in [0.15, 0.2) is 0 Å². The Balaban J connectivity index is 1.01. The van der Waals surface area contributed by atoms with E-state index in [2.05, 4.69) is 56.9 Å². The lowest BCUT2D eigenvalue weighted by Crippen LogP contribution is -1.91. The highest BCUT2D eigenvalue weighted by atomic mass is 35.5. The van der Waals surface area contributed by atoms with Crippen molar-refractivity contribution in [2.75, 3.05) is 0 Å². The standard InChI is InChI=1S/C46H34Cl2N6O2S2/c47-35-13-17-37(18-14-35)51-53-39-21-23-43(55)33(25-39)27-49-41-9-3-5-11-45(41)57-29-31-7-1-2-8-32(31)30-58-46-12-6-4-10-42(46)50-28-34-26-40(22-24-44(34)56)54-52-38-19-15-36(48)16-20-38/h1-28,55-56H,29-30H2. The van der Waals surface area contributed by atoms with E-state index in [1.165, 1.54) is 11.1 Å². The van der Waals surface area contributed by atoms with Gasteiger partial charge in [0, 0.05) is 54.9 Å². The van der Waals surface area contributed by atoms with Gasteiger partial charge >= 0.3 is 0 Å². The maximum absolute atomic E-state index is 10.6. The molecule has 0 spiro atoms. The van der Waals surface area contributed by atoms with E-state index in [9.17, 15) is 10.2 Å². The average Bonchev–Trinajstić information content (AvgIpc) is 3.25. The number of aliphatic imine (C=N–C) groups is 2. The third-order valence-electron chi connectivity index (χ3n) is 8.54. The molecule has 58 heavy (non-hydrogen) atoms. The highest BCUT2D eigenvalue weighted by molar-refractivity contribution is 7.99. The summed E-state index contributed by atoms with van der Waals surface area (Å²) in [6, 6.07) is 48.5. The molecule has 7 rings (SSSR count). The van der Waals surface area contributed by atoms with Crippen molar-refractivity contribution >= 4 is 93.3 Å². The van der Waals surface area contributed by atoms with Crippen molar-refractivity contribution in [3.63, 3.8) is 0 Å². The first-order chi connectivity index (χ1) is 28.4. The molecule has 286 valence electrons. The van der Waals surface area contributed by atoms with Crippen LogP contribution in [0.1, 0.15) is 22.3 Å². The number of rotatable bonds is 14. The van der Waals surface area contributed by atoms with Crippen LogP contribution in [-0.4, -0.2) is 22.6 Å². The molecule has 0 aliphatic rings. The highest BCUT2D eigenvalue weighted by Crippen LogP contribution is 2.37. The SMILES string of the molecule is Oc1ccc(N=Nc2ccc(Cl)cc2)cc1C=Nc1ccccc1SCc1ccccc1CSc1ccccc1N=Cc1cc(N=Nc2ccc(Cl)cc2)ccc1O. The van der Waals surface area contributed by atoms with Crippen molar-refractivity contribution in [1.29, 1.82) is 0 Å². The molecule has 0 heterocycles. The summed E-state index contributed by atoms with van der Waals surface area (Å²) in [7, 11) is 0. The smallest absolute Gasteiger partial charge is 0.124 e.